The Balaban J connectivity index is 2.18. The molecule has 0 aliphatic rings. The van der Waals surface area contributed by atoms with Crippen LogP contribution in [0.15, 0.2) is 28.4 Å². The van der Waals surface area contributed by atoms with Crippen LogP contribution < -0.4 is 10.5 Å². The molecular formula is C15H20N4OS. The third-order valence-electron chi connectivity index (χ3n) is 2.58. The van der Waals surface area contributed by atoms with E-state index < -0.39 is 0 Å². The number of nitrogens with zero attached hydrogens (tertiary/aromatic N) is 3. The van der Waals surface area contributed by atoms with Gasteiger partial charge in [-0.15, -0.1) is 0 Å². The molecule has 0 amide bonds. The minimum Gasteiger partial charge on any atom is -0.476 e. The van der Waals surface area contributed by atoms with Gasteiger partial charge in [-0.25, -0.2) is 15.0 Å². The normalized spacial score (nSPS) is 10.9. The first-order valence-corrected chi connectivity index (χ1v) is 7.65. The average Bonchev–Trinajstić information content (AvgIpc) is 2.38. The molecule has 21 heavy (non-hydrogen) atoms. The number of aryl methyl sites for hydroxylation is 2. The number of hydrogen-bond acceptors (Lipinski definition) is 6. The summed E-state index contributed by atoms with van der Waals surface area (Å²) in [6.07, 6.45) is 0. The maximum atomic E-state index is 5.89. The maximum Gasteiger partial charge on any atom is 0.238 e. The van der Waals surface area contributed by atoms with Gasteiger partial charge in [0.05, 0.1) is 12.3 Å². The van der Waals surface area contributed by atoms with Crippen LogP contribution in [0.2, 0.25) is 0 Å². The Morgan fingerprint density at radius 2 is 1.81 bits per heavy atom. The Hall–Kier alpha value is -1.82. The zero-order valence-corrected chi connectivity index (χ0v) is 13.6. The lowest BCUT2D eigenvalue weighted by Gasteiger charge is -2.11. The van der Waals surface area contributed by atoms with Crippen LogP contribution in [0.5, 0.6) is 5.88 Å². The van der Waals surface area contributed by atoms with E-state index in [2.05, 4.69) is 28.8 Å². The predicted molar refractivity (Wildman–Crippen MR) is 84.6 cm³/mol. The van der Waals surface area contributed by atoms with Crippen molar-refractivity contribution >= 4 is 17.4 Å². The number of pyridine rings is 1. The summed E-state index contributed by atoms with van der Waals surface area (Å²) in [6.45, 7) is 8.65. The van der Waals surface area contributed by atoms with Gasteiger partial charge in [-0.2, -0.15) is 0 Å². The fourth-order valence-corrected chi connectivity index (χ4v) is 2.52. The molecule has 0 aliphatic heterocycles. The van der Waals surface area contributed by atoms with Crippen molar-refractivity contribution in [2.75, 3.05) is 12.3 Å². The highest BCUT2D eigenvalue weighted by Gasteiger charge is 2.09. The summed E-state index contributed by atoms with van der Waals surface area (Å²) in [5.74, 6) is 0.892. The van der Waals surface area contributed by atoms with E-state index in [-0.39, 0.29) is 0 Å². The standard InChI is InChI=1S/C15H20N4OS/c1-9(2)8-20-14-12(16)5-6-13(19-14)21-15-17-10(3)7-11(4)18-15/h5-7,9H,8,16H2,1-4H3. The van der Waals surface area contributed by atoms with Crippen molar-refractivity contribution in [2.45, 2.75) is 37.9 Å². The summed E-state index contributed by atoms with van der Waals surface area (Å²) in [5, 5.41) is 1.45. The molecule has 0 saturated heterocycles. The summed E-state index contributed by atoms with van der Waals surface area (Å²) < 4.78 is 5.63. The first-order chi connectivity index (χ1) is 9.94. The predicted octanol–water partition coefficient (Wildman–Crippen LogP) is 3.26. The van der Waals surface area contributed by atoms with Gasteiger partial charge in [0.25, 0.3) is 0 Å². The molecular weight excluding hydrogens is 284 g/mol. The van der Waals surface area contributed by atoms with Gasteiger partial charge in [0.2, 0.25) is 5.88 Å². The summed E-state index contributed by atoms with van der Waals surface area (Å²) in [7, 11) is 0. The molecule has 0 bridgehead atoms. The van der Waals surface area contributed by atoms with Crippen LogP contribution >= 0.6 is 11.8 Å². The number of nitrogen functional groups attached to an aromatic ring is 1. The summed E-state index contributed by atoms with van der Waals surface area (Å²) in [4.78, 5) is 13.2. The first kappa shape index (κ1) is 15.6. The highest BCUT2D eigenvalue weighted by Crippen LogP contribution is 2.28. The quantitative estimate of drug-likeness (QED) is 0.855. The Morgan fingerprint density at radius 1 is 1.14 bits per heavy atom. The zero-order valence-electron chi connectivity index (χ0n) is 12.8. The van der Waals surface area contributed by atoms with Crippen LogP contribution in [0, 0.1) is 19.8 Å². The van der Waals surface area contributed by atoms with Crippen molar-refractivity contribution in [3.8, 4) is 5.88 Å². The van der Waals surface area contributed by atoms with E-state index in [0.717, 1.165) is 16.4 Å². The van der Waals surface area contributed by atoms with Crippen LogP contribution in [-0.2, 0) is 0 Å². The molecule has 0 spiro atoms. The van der Waals surface area contributed by atoms with Gasteiger partial charge in [-0.3, -0.25) is 0 Å². The van der Waals surface area contributed by atoms with Gasteiger partial charge < -0.3 is 10.5 Å². The molecule has 2 N–H and O–H groups in total. The van der Waals surface area contributed by atoms with Crippen molar-refractivity contribution in [1.29, 1.82) is 0 Å². The minimum atomic E-state index is 0.422. The van der Waals surface area contributed by atoms with Crippen molar-refractivity contribution in [2.24, 2.45) is 5.92 Å². The van der Waals surface area contributed by atoms with Crippen molar-refractivity contribution < 1.29 is 4.74 Å². The molecule has 0 aromatic carbocycles. The minimum absolute atomic E-state index is 0.422. The van der Waals surface area contributed by atoms with E-state index in [1.807, 2.05) is 26.0 Å². The molecule has 6 heteroatoms. The van der Waals surface area contributed by atoms with E-state index in [0.29, 0.717) is 29.2 Å². The van der Waals surface area contributed by atoms with E-state index >= 15 is 0 Å². The third kappa shape index (κ3) is 4.60. The average molecular weight is 304 g/mol. The molecule has 2 aromatic heterocycles. The monoisotopic (exact) mass is 304 g/mol. The van der Waals surface area contributed by atoms with Gasteiger partial charge in [-0.05, 0) is 49.7 Å². The van der Waals surface area contributed by atoms with Crippen LogP contribution in [0.4, 0.5) is 5.69 Å². The van der Waals surface area contributed by atoms with E-state index in [4.69, 9.17) is 10.5 Å². The van der Waals surface area contributed by atoms with Crippen molar-refractivity contribution in [3.05, 3.63) is 29.6 Å². The molecule has 0 radical (unpaired) electrons. The van der Waals surface area contributed by atoms with Gasteiger partial charge in [0.15, 0.2) is 5.16 Å². The zero-order chi connectivity index (χ0) is 15.4. The Bertz CT molecular complexity index is 611. The topological polar surface area (TPSA) is 73.9 Å². The van der Waals surface area contributed by atoms with Crippen LogP contribution in [-0.4, -0.2) is 21.6 Å². The molecule has 2 aromatic rings. The number of ether oxygens (including phenoxy) is 1. The Morgan fingerprint density at radius 3 is 2.43 bits per heavy atom. The van der Waals surface area contributed by atoms with E-state index in [1.54, 1.807) is 6.07 Å². The lowest BCUT2D eigenvalue weighted by Crippen LogP contribution is -2.07. The third-order valence-corrected chi connectivity index (χ3v) is 3.38. The highest BCUT2D eigenvalue weighted by atomic mass is 32.2. The van der Waals surface area contributed by atoms with Gasteiger partial charge in [0.1, 0.15) is 5.03 Å². The smallest absolute Gasteiger partial charge is 0.238 e. The fraction of sp³-hybridized carbons (Fsp3) is 0.400. The largest absolute Gasteiger partial charge is 0.476 e. The SMILES string of the molecule is Cc1cc(C)nc(Sc2ccc(N)c(OCC(C)C)n2)n1. The second-order valence-electron chi connectivity index (χ2n) is 5.28. The second-order valence-corrected chi connectivity index (χ2v) is 6.27. The van der Waals surface area contributed by atoms with Gasteiger partial charge >= 0.3 is 0 Å². The number of nitrogens with two attached hydrogens (primary N) is 1. The Labute approximate surface area is 129 Å². The molecule has 0 fully saturated rings. The van der Waals surface area contributed by atoms with Crippen molar-refractivity contribution in [1.82, 2.24) is 15.0 Å². The van der Waals surface area contributed by atoms with Gasteiger partial charge in [0, 0.05) is 11.4 Å². The van der Waals surface area contributed by atoms with Crippen LogP contribution in [0.3, 0.4) is 0 Å². The van der Waals surface area contributed by atoms with Crippen molar-refractivity contribution in [3.63, 3.8) is 0 Å². The lowest BCUT2D eigenvalue weighted by atomic mass is 10.2. The molecule has 2 rings (SSSR count). The Kier molecular flexibility index (Phi) is 5.01. The number of aromatic nitrogens is 3. The molecule has 0 unspecified atom stereocenters. The van der Waals surface area contributed by atoms with E-state index in [9.17, 15) is 0 Å². The lowest BCUT2D eigenvalue weighted by molar-refractivity contribution is 0.261. The number of anilines is 1. The molecule has 112 valence electrons. The van der Waals surface area contributed by atoms with Crippen LogP contribution in [0.1, 0.15) is 25.2 Å². The number of rotatable bonds is 5. The van der Waals surface area contributed by atoms with Gasteiger partial charge in [-0.1, -0.05) is 13.8 Å². The molecule has 2 heterocycles. The highest BCUT2D eigenvalue weighted by molar-refractivity contribution is 7.99. The fourth-order valence-electron chi connectivity index (χ4n) is 1.69. The first-order valence-electron chi connectivity index (χ1n) is 6.83. The summed E-state index contributed by atoms with van der Waals surface area (Å²) in [6, 6.07) is 5.59. The molecule has 5 nitrogen and oxygen atoms in total. The second kappa shape index (κ2) is 6.76. The molecule has 0 aliphatic carbocycles. The van der Waals surface area contributed by atoms with E-state index in [1.165, 1.54) is 11.8 Å². The molecule has 0 atom stereocenters. The number of hydrogen-bond donors (Lipinski definition) is 1. The summed E-state index contributed by atoms with van der Waals surface area (Å²) in [5.41, 5.74) is 8.32. The van der Waals surface area contributed by atoms with Crippen LogP contribution in [0.25, 0.3) is 0 Å². The molecule has 0 saturated carbocycles. The summed E-state index contributed by atoms with van der Waals surface area (Å²) >= 11 is 1.40. The maximum absolute atomic E-state index is 5.89.